The number of benzene rings is 1. The molecule has 0 spiro atoms. The molecule has 1 aromatic carbocycles. The van der Waals surface area contributed by atoms with E-state index in [1.165, 1.54) is 12.0 Å². The molecule has 0 radical (unpaired) electrons. The lowest BCUT2D eigenvalue weighted by Crippen LogP contribution is -2.41. The van der Waals surface area contributed by atoms with Crippen molar-refractivity contribution in [1.29, 1.82) is 0 Å². The van der Waals surface area contributed by atoms with Gasteiger partial charge in [0.15, 0.2) is 0 Å². The third kappa shape index (κ3) is 4.84. The maximum atomic E-state index is 5.90. The molecule has 0 amide bonds. The first kappa shape index (κ1) is 14.4. The van der Waals surface area contributed by atoms with Crippen molar-refractivity contribution < 1.29 is 4.74 Å². The van der Waals surface area contributed by atoms with Crippen molar-refractivity contribution in [3.8, 4) is 5.75 Å². The van der Waals surface area contributed by atoms with Crippen LogP contribution >= 0.6 is 0 Å². The summed E-state index contributed by atoms with van der Waals surface area (Å²) in [6.07, 6.45) is 4.57. The second-order valence-corrected chi connectivity index (χ2v) is 5.42. The second-order valence-electron chi connectivity index (χ2n) is 5.42. The summed E-state index contributed by atoms with van der Waals surface area (Å²) in [5, 5.41) is 0. The van der Waals surface area contributed by atoms with E-state index in [9.17, 15) is 0 Å². The maximum absolute atomic E-state index is 5.90. The fraction of sp³-hybridized carbons (Fsp3) is 0.625. The van der Waals surface area contributed by atoms with E-state index in [4.69, 9.17) is 10.5 Å². The highest BCUT2D eigenvalue weighted by Crippen LogP contribution is 2.14. The van der Waals surface area contributed by atoms with Crippen molar-refractivity contribution in [3.63, 3.8) is 0 Å². The molecule has 19 heavy (non-hydrogen) atoms. The van der Waals surface area contributed by atoms with E-state index < -0.39 is 0 Å². The highest BCUT2D eigenvalue weighted by atomic mass is 16.5. The van der Waals surface area contributed by atoms with Crippen molar-refractivity contribution in [1.82, 2.24) is 4.90 Å². The SMILES string of the molecule is CCCc1ccc(OCCN2CCC(N)CC2)cc1. The Morgan fingerprint density at radius 1 is 1.21 bits per heavy atom. The molecule has 1 aromatic rings. The van der Waals surface area contributed by atoms with Crippen LogP contribution in [0.15, 0.2) is 24.3 Å². The van der Waals surface area contributed by atoms with E-state index in [1.807, 2.05) is 0 Å². The molecule has 0 bridgehead atoms. The Bertz CT molecular complexity index is 356. The second kappa shape index (κ2) is 7.51. The minimum absolute atomic E-state index is 0.406. The van der Waals surface area contributed by atoms with Gasteiger partial charge < -0.3 is 10.5 Å². The predicted octanol–water partition coefficient (Wildman–Crippen LogP) is 2.44. The van der Waals surface area contributed by atoms with Crippen molar-refractivity contribution in [2.75, 3.05) is 26.2 Å². The summed E-state index contributed by atoms with van der Waals surface area (Å²) in [5.41, 5.74) is 7.29. The van der Waals surface area contributed by atoms with E-state index in [1.54, 1.807) is 0 Å². The number of hydrogen-bond acceptors (Lipinski definition) is 3. The van der Waals surface area contributed by atoms with Gasteiger partial charge in [-0.15, -0.1) is 0 Å². The van der Waals surface area contributed by atoms with Gasteiger partial charge >= 0.3 is 0 Å². The first-order chi connectivity index (χ1) is 9.28. The lowest BCUT2D eigenvalue weighted by molar-refractivity contribution is 0.174. The fourth-order valence-corrected chi connectivity index (χ4v) is 2.51. The monoisotopic (exact) mass is 262 g/mol. The summed E-state index contributed by atoms with van der Waals surface area (Å²) in [6.45, 7) is 6.20. The Hall–Kier alpha value is -1.06. The van der Waals surface area contributed by atoms with Gasteiger partial charge in [-0.25, -0.2) is 0 Å². The number of nitrogens with two attached hydrogens (primary N) is 1. The number of ether oxygens (including phenoxy) is 1. The molecule has 0 saturated carbocycles. The average molecular weight is 262 g/mol. The van der Waals surface area contributed by atoms with Crippen LogP contribution in [0, 0.1) is 0 Å². The highest BCUT2D eigenvalue weighted by molar-refractivity contribution is 5.27. The minimum Gasteiger partial charge on any atom is -0.492 e. The summed E-state index contributed by atoms with van der Waals surface area (Å²) < 4.78 is 5.80. The van der Waals surface area contributed by atoms with Gasteiger partial charge in [0.2, 0.25) is 0 Å². The van der Waals surface area contributed by atoms with Gasteiger partial charge in [0, 0.05) is 12.6 Å². The Labute approximate surface area is 116 Å². The zero-order chi connectivity index (χ0) is 13.5. The molecule has 3 nitrogen and oxygen atoms in total. The van der Waals surface area contributed by atoms with Gasteiger partial charge in [0.25, 0.3) is 0 Å². The Kier molecular flexibility index (Phi) is 5.67. The fourth-order valence-electron chi connectivity index (χ4n) is 2.51. The van der Waals surface area contributed by atoms with Crippen LogP contribution in [0.3, 0.4) is 0 Å². The smallest absolute Gasteiger partial charge is 0.119 e. The van der Waals surface area contributed by atoms with Crippen LogP contribution in [0.2, 0.25) is 0 Å². The molecule has 0 unspecified atom stereocenters. The molecule has 1 saturated heterocycles. The first-order valence-corrected chi connectivity index (χ1v) is 7.47. The van der Waals surface area contributed by atoms with Gasteiger partial charge in [0.05, 0.1) is 0 Å². The predicted molar refractivity (Wildman–Crippen MR) is 79.6 cm³/mol. The van der Waals surface area contributed by atoms with Crippen LogP contribution in [-0.4, -0.2) is 37.2 Å². The van der Waals surface area contributed by atoms with Crippen molar-refractivity contribution in [3.05, 3.63) is 29.8 Å². The molecule has 2 N–H and O–H groups in total. The van der Waals surface area contributed by atoms with Crippen molar-refractivity contribution in [2.24, 2.45) is 5.73 Å². The lowest BCUT2D eigenvalue weighted by Gasteiger charge is -2.29. The van der Waals surface area contributed by atoms with E-state index in [-0.39, 0.29) is 0 Å². The van der Waals surface area contributed by atoms with Gasteiger partial charge in [-0.05, 0) is 50.0 Å². The molecule has 0 aliphatic carbocycles. The van der Waals surface area contributed by atoms with E-state index in [2.05, 4.69) is 36.1 Å². The van der Waals surface area contributed by atoms with Gasteiger partial charge in [-0.1, -0.05) is 25.5 Å². The molecule has 1 aliphatic rings. The van der Waals surface area contributed by atoms with Gasteiger partial charge in [0.1, 0.15) is 12.4 Å². The Balaban J connectivity index is 1.67. The average Bonchev–Trinajstić information content (AvgIpc) is 2.43. The number of rotatable bonds is 6. The topological polar surface area (TPSA) is 38.5 Å². The molecule has 1 aliphatic heterocycles. The summed E-state index contributed by atoms with van der Waals surface area (Å²) in [5.74, 6) is 0.980. The van der Waals surface area contributed by atoms with E-state index in [0.29, 0.717) is 6.04 Å². The van der Waals surface area contributed by atoms with Crippen LogP contribution in [-0.2, 0) is 6.42 Å². The van der Waals surface area contributed by atoms with Crippen LogP contribution in [0.4, 0.5) is 0 Å². The standard InChI is InChI=1S/C16H26N2O/c1-2-3-14-4-6-16(7-5-14)19-13-12-18-10-8-15(17)9-11-18/h4-7,15H,2-3,8-13,17H2,1H3. The van der Waals surface area contributed by atoms with Crippen LogP contribution in [0.25, 0.3) is 0 Å². The Morgan fingerprint density at radius 3 is 2.53 bits per heavy atom. The van der Waals surface area contributed by atoms with Gasteiger partial charge in [-0.2, -0.15) is 0 Å². The maximum Gasteiger partial charge on any atom is 0.119 e. The summed E-state index contributed by atoms with van der Waals surface area (Å²) in [7, 11) is 0. The molecule has 0 aromatic heterocycles. The van der Waals surface area contributed by atoms with Crippen molar-refractivity contribution in [2.45, 2.75) is 38.6 Å². The number of likely N-dealkylation sites (tertiary alicyclic amines) is 1. The molecule has 3 heteroatoms. The van der Waals surface area contributed by atoms with Crippen LogP contribution < -0.4 is 10.5 Å². The number of hydrogen-bond donors (Lipinski definition) is 1. The highest BCUT2D eigenvalue weighted by Gasteiger charge is 2.15. The largest absolute Gasteiger partial charge is 0.492 e. The number of nitrogens with zero attached hydrogens (tertiary/aromatic N) is 1. The summed E-state index contributed by atoms with van der Waals surface area (Å²) in [6, 6.07) is 8.90. The summed E-state index contributed by atoms with van der Waals surface area (Å²) >= 11 is 0. The molecule has 106 valence electrons. The third-order valence-corrected chi connectivity index (χ3v) is 3.77. The minimum atomic E-state index is 0.406. The molecule has 2 rings (SSSR count). The molecular weight excluding hydrogens is 236 g/mol. The molecule has 1 fully saturated rings. The normalized spacial score (nSPS) is 17.6. The summed E-state index contributed by atoms with van der Waals surface area (Å²) in [4.78, 5) is 2.44. The van der Waals surface area contributed by atoms with Gasteiger partial charge in [-0.3, -0.25) is 4.90 Å². The zero-order valence-corrected chi connectivity index (χ0v) is 12.0. The molecule has 1 heterocycles. The van der Waals surface area contributed by atoms with Crippen molar-refractivity contribution >= 4 is 0 Å². The molecule has 0 atom stereocenters. The third-order valence-electron chi connectivity index (χ3n) is 3.77. The zero-order valence-electron chi connectivity index (χ0n) is 12.0. The number of piperidine rings is 1. The van der Waals surface area contributed by atoms with Crippen LogP contribution in [0.5, 0.6) is 5.75 Å². The Morgan fingerprint density at radius 2 is 1.89 bits per heavy atom. The molecular formula is C16H26N2O. The lowest BCUT2D eigenvalue weighted by atomic mass is 10.1. The van der Waals surface area contributed by atoms with E-state index >= 15 is 0 Å². The number of aryl methyl sites for hydroxylation is 1. The van der Waals surface area contributed by atoms with E-state index in [0.717, 1.165) is 51.3 Å². The van der Waals surface area contributed by atoms with Crippen LogP contribution in [0.1, 0.15) is 31.7 Å². The first-order valence-electron chi connectivity index (χ1n) is 7.47. The quantitative estimate of drug-likeness (QED) is 0.856.